The SMILES string of the molecule is Cc1cc([C@H]2CCCN2C(=O)C2CCN(C(=O)OC(C)(C)C)CC2)no1. The van der Waals surface area contributed by atoms with Crippen LogP contribution in [-0.4, -0.2) is 52.2 Å². The molecule has 0 spiro atoms. The Balaban J connectivity index is 1.57. The summed E-state index contributed by atoms with van der Waals surface area (Å²) in [5, 5.41) is 4.11. The van der Waals surface area contributed by atoms with Gasteiger partial charge in [-0.1, -0.05) is 5.16 Å². The van der Waals surface area contributed by atoms with E-state index in [0.717, 1.165) is 30.8 Å². The third-order valence-corrected chi connectivity index (χ3v) is 5.02. The molecule has 2 amide bonds. The summed E-state index contributed by atoms with van der Waals surface area (Å²) >= 11 is 0. The van der Waals surface area contributed by atoms with Crippen LogP contribution < -0.4 is 0 Å². The number of nitrogens with zero attached hydrogens (tertiary/aromatic N) is 3. The minimum Gasteiger partial charge on any atom is -0.444 e. The Morgan fingerprint density at radius 2 is 1.88 bits per heavy atom. The van der Waals surface area contributed by atoms with Gasteiger partial charge in [-0.2, -0.15) is 0 Å². The molecule has 0 radical (unpaired) electrons. The predicted octanol–water partition coefficient (Wildman–Crippen LogP) is 3.29. The molecular formula is C19H29N3O4. The van der Waals surface area contributed by atoms with Crippen molar-refractivity contribution in [2.24, 2.45) is 5.92 Å². The maximum atomic E-state index is 13.0. The van der Waals surface area contributed by atoms with Crippen LogP contribution in [0.25, 0.3) is 0 Å². The Morgan fingerprint density at radius 1 is 1.19 bits per heavy atom. The van der Waals surface area contributed by atoms with Crippen molar-refractivity contribution in [2.45, 2.75) is 65.0 Å². The van der Waals surface area contributed by atoms with Crippen molar-refractivity contribution in [2.75, 3.05) is 19.6 Å². The van der Waals surface area contributed by atoms with Gasteiger partial charge in [-0.25, -0.2) is 4.79 Å². The highest BCUT2D eigenvalue weighted by Crippen LogP contribution is 2.34. The molecule has 7 heteroatoms. The highest BCUT2D eigenvalue weighted by molar-refractivity contribution is 5.80. The molecule has 2 aliphatic rings. The molecule has 2 fully saturated rings. The first-order valence-corrected chi connectivity index (χ1v) is 9.46. The number of ether oxygens (including phenoxy) is 1. The number of hydrogen-bond donors (Lipinski definition) is 0. The van der Waals surface area contributed by atoms with E-state index in [0.29, 0.717) is 25.9 Å². The van der Waals surface area contributed by atoms with Crippen LogP contribution >= 0.6 is 0 Å². The minimum atomic E-state index is -0.498. The monoisotopic (exact) mass is 363 g/mol. The molecule has 1 aromatic rings. The number of rotatable bonds is 2. The van der Waals surface area contributed by atoms with E-state index in [1.54, 1.807) is 4.90 Å². The van der Waals surface area contributed by atoms with Gasteiger partial charge in [0.05, 0.1) is 6.04 Å². The van der Waals surface area contributed by atoms with Crippen molar-refractivity contribution in [3.05, 3.63) is 17.5 Å². The lowest BCUT2D eigenvalue weighted by atomic mass is 9.95. The summed E-state index contributed by atoms with van der Waals surface area (Å²) < 4.78 is 10.6. The van der Waals surface area contributed by atoms with E-state index < -0.39 is 5.60 Å². The zero-order chi connectivity index (χ0) is 18.9. The summed E-state index contributed by atoms with van der Waals surface area (Å²) in [7, 11) is 0. The van der Waals surface area contributed by atoms with Crippen LogP contribution in [0.4, 0.5) is 4.79 Å². The van der Waals surface area contributed by atoms with Gasteiger partial charge >= 0.3 is 6.09 Å². The molecule has 0 aromatic carbocycles. The maximum absolute atomic E-state index is 13.0. The third-order valence-electron chi connectivity index (χ3n) is 5.02. The number of piperidine rings is 1. The quantitative estimate of drug-likeness (QED) is 0.806. The Bertz CT molecular complexity index is 656. The fourth-order valence-corrected chi connectivity index (χ4v) is 3.75. The van der Waals surface area contributed by atoms with E-state index in [-0.39, 0.29) is 24.0 Å². The van der Waals surface area contributed by atoms with Crippen LogP contribution in [0.1, 0.15) is 64.0 Å². The Kier molecular flexibility index (Phi) is 5.25. The van der Waals surface area contributed by atoms with E-state index in [1.165, 1.54) is 0 Å². The molecule has 144 valence electrons. The number of aryl methyl sites for hydroxylation is 1. The predicted molar refractivity (Wildman–Crippen MR) is 95.5 cm³/mol. The van der Waals surface area contributed by atoms with Gasteiger partial charge in [0.15, 0.2) is 0 Å². The van der Waals surface area contributed by atoms with Gasteiger partial charge in [-0.3, -0.25) is 4.79 Å². The Labute approximate surface area is 154 Å². The molecular weight excluding hydrogens is 334 g/mol. The van der Waals surface area contributed by atoms with Crippen LogP contribution in [0, 0.1) is 12.8 Å². The number of amides is 2. The number of carbonyl (C=O) groups is 2. The molecule has 7 nitrogen and oxygen atoms in total. The van der Waals surface area contributed by atoms with Crippen molar-refractivity contribution in [1.29, 1.82) is 0 Å². The number of hydrogen-bond acceptors (Lipinski definition) is 5. The second-order valence-corrected chi connectivity index (χ2v) is 8.29. The highest BCUT2D eigenvalue weighted by atomic mass is 16.6. The van der Waals surface area contributed by atoms with Crippen LogP contribution in [0.15, 0.2) is 10.6 Å². The molecule has 0 N–H and O–H groups in total. The first kappa shape index (κ1) is 18.7. The van der Waals surface area contributed by atoms with Crippen molar-refractivity contribution in [3.63, 3.8) is 0 Å². The first-order valence-electron chi connectivity index (χ1n) is 9.46. The molecule has 3 rings (SSSR count). The average molecular weight is 363 g/mol. The van der Waals surface area contributed by atoms with Crippen molar-refractivity contribution < 1.29 is 18.8 Å². The normalized spacial score (nSPS) is 21.9. The summed E-state index contributed by atoms with van der Waals surface area (Å²) in [6.07, 6.45) is 2.98. The van der Waals surface area contributed by atoms with Crippen molar-refractivity contribution >= 4 is 12.0 Å². The van der Waals surface area contributed by atoms with E-state index >= 15 is 0 Å². The highest BCUT2D eigenvalue weighted by Gasteiger charge is 2.37. The smallest absolute Gasteiger partial charge is 0.410 e. The topological polar surface area (TPSA) is 75.9 Å². The molecule has 2 saturated heterocycles. The lowest BCUT2D eigenvalue weighted by molar-refractivity contribution is -0.138. The Hall–Kier alpha value is -2.05. The zero-order valence-corrected chi connectivity index (χ0v) is 16.2. The van der Waals surface area contributed by atoms with Gasteiger partial charge in [-0.15, -0.1) is 0 Å². The third kappa shape index (κ3) is 4.19. The molecule has 26 heavy (non-hydrogen) atoms. The van der Waals surface area contributed by atoms with Crippen molar-refractivity contribution in [3.8, 4) is 0 Å². The summed E-state index contributed by atoms with van der Waals surface area (Å²) in [4.78, 5) is 28.9. The van der Waals surface area contributed by atoms with Gasteiger partial charge in [0, 0.05) is 31.6 Å². The fourth-order valence-electron chi connectivity index (χ4n) is 3.75. The second kappa shape index (κ2) is 7.29. The molecule has 0 unspecified atom stereocenters. The van der Waals surface area contributed by atoms with E-state index in [4.69, 9.17) is 9.26 Å². The number of likely N-dealkylation sites (tertiary alicyclic amines) is 2. The van der Waals surface area contributed by atoms with E-state index in [2.05, 4.69) is 5.16 Å². The minimum absolute atomic E-state index is 0.0174. The first-order chi connectivity index (χ1) is 12.2. The zero-order valence-electron chi connectivity index (χ0n) is 16.2. The number of aromatic nitrogens is 1. The second-order valence-electron chi connectivity index (χ2n) is 8.29. The van der Waals surface area contributed by atoms with Crippen molar-refractivity contribution in [1.82, 2.24) is 15.0 Å². The van der Waals surface area contributed by atoms with Gasteiger partial charge in [-0.05, 0) is 53.4 Å². The Morgan fingerprint density at radius 3 is 2.46 bits per heavy atom. The summed E-state index contributed by atoms with van der Waals surface area (Å²) in [6.45, 7) is 9.34. The van der Waals surface area contributed by atoms with E-state index in [1.807, 2.05) is 38.7 Å². The molecule has 3 heterocycles. The summed E-state index contributed by atoms with van der Waals surface area (Å²) in [5.41, 5.74) is 0.349. The average Bonchev–Trinajstić information content (AvgIpc) is 3.21. The van der Waals surface area contributed by atoms with Crippen LogP contribution in [0.5, 0.6) is 0 Å². The van der Waals surface area contributed by atoms with Gasteiger partial charge in [0.25, 0.3) is 0 Å². The standard InChI is InChI=1S/C19H29N3O4/c1-13-12-15(20-26-13)16-6-5-9-22(16)17(23)14-7-10-21(11-8-14)18(24)25-19(2,3)4/h12,14,16H,5-11H2,1-4H3/t16-/m1/s1. The fraction of sp³-hybridized carbons (Fsp3) is 0.737. The maximum Gasteiger partial charge on any atom is 0.410 e. The largest absolute Gasteiger partial charge is 0.444 e. The van der Waals surface area contributed by atoms with Crippen LogP contribution in [0.3, 0.4) is 0 Å². The van der Waals surface area contributed by atoms with Gasteiger partial charge in [0.2, 0.25) is 5.91 Å². The molecule has 1 aromatic heterocycles. The van der Waals surface area contributed by atoms with Gasteiger partial charge < -0.3 is 19.1 Å². The molecule has 1 atom stereocenters. The summed E-state index contributed by atoms with van der Waals surface area (Å²) in [5.74, 6) is 0.907. The van der Waals surface area contributed by atoms with E-state index in [9.17, 15) is 9.59 Å². The number of carbonyl (C=O) groups excluding carboxylic acids is 2. The molecule has 0 saturated carbocycles. The molecule has 0 bridgehead atoms. The molecule has 0 aliphatic carbocycles. The lowest BCUT2D eigenvalue weighted by Gasteiger charge is -2.35. The summed E-state index contributed by atoms with van der Waals surface area (Å²) in [6, 6.07) is 1.94. The van der Waals surface area contributed by atoms with Crippen LogP contribution in [0.2, 0.25) is 0 Å². The lowest BCUT2D eigenvalue weighted by Crippen LogP contribution is -2.45. The van der Waals surface area contributed by atoms with Gasteiger partial charge in [0.1, 0.15) is 17.1 Å². The molecule has 2 aliphatic heterocycles. The van der Waals surface area contributed by atoms with Crippen LogP contribution in [-0.2, 0) is 9.53 Å².